The summed E-state index contributed by atoms with van der Waals surface area (Å²) in [6, 6.07) is 4.10. The van der Waals surface area contributed by atoms with Gasteiger partial charge in [0.1, 0.15) is 0 Å². The Labute approximate surface area is 75.0 Å². The van der Waals surface area contributed by atoms with Crippen molar-refractivity contribution in [3.8, 4) is 0 Å². The molecule has 0 amide bonds. The van der Waals surface area contributed by atoms with Gasteiger partial charge in [-0.3, -0.25) is 4.98 Å². The van der Waals surface area contributed by atoms with Crippen molar-refractivity contribution in [2.45, 2.75) is 0 Å². The fraction of sp³-hybridized carbons (Fsp3) is 0. The first-order valence-corrected chi connectivity index (χ1v) is 3.62. The van der Waals surface area contributed by atoms with Gasteiger partial charge in [0.15, 0.2) is 0 Å². The van der Waals surface area contributed by atoms with Crippen LogP contribution in [0, 0.1) is 0 Å². The Morgan fingerprint density at radius 3 is 3.10 bits per heavy atom. The summed E-state index contributed by atoms with van der Waals surface area (Å²) < 4.78 is 1.31. The number of fused-ring (bicyclic) bond motifs is 1. The van der Waals surface area contributed by atoms with E-state index in [1.165, 1.54) is 10.1 Å². The van der Waals surface area contributed by atoms with Gasteiger partial charge in [0.2, 0.25) is 0 Å². The molecule has 0 radical (unpaired) electrons. The van der Waals surface area contributed by atoms with Gasteiger partial charge in [0, 0.05) is 22.5 Å². The Kier molecular flexibility index (Phi) is 2.40. The van der Waals surface area contributed by atoms with Gasteiger partial charge in [0.25, 0.3) is 0 Å². The smallest absolute Gasteiger partial charge is 0.264 e. The van der Waals surface area contributed by atoms with Crippen molar-refractivity contribution in [2.24, 2.45) is 0 Å². The maximum Gasteiger partial charge on any atom is 1.00 e. The Hall–Kier alpha value is -0.410. The molecule has 2 heterocycles. The molecule has 0 aliphatic heterocycles. The van der Waals surface area contributed by atoms with Crippen LogP contribution < -0.4 is 0 Å². The van der Waals surface area contributed by atoms with Gasteiger partial charge in [-0.1, -0.05) is 0 Å². The predicted octanol–water partition coefficient (Wildman–Crippen LogP) is 2.99. The molecule has 1 nitrogen and oxygen atoms in total. The van der Waals surface area contributed by atoms with E-state index in [9.17, 15) is 0 Å². The maximum absolute atomic E-state index is 3.99. The van der Waals surface area contributed by atoms with Crippen molar-refractivity contribution >= 4 is 38.4 Å². The molecule has 3 heteroatoms. The second-order valence-electron chi connectivity index (χ2n) is 1.83. The Morgan fingerprint density at radius 2 is 2.30 bits per heavy atom. The molecule has 0 spiro atoms. The molecular weight excluding hydrogens is 210 g/mol. The van der Waals surface area contributed by atoms with Gasteiger partial charge >= 0.3 is 1.43 Å². The molecule has 0 aromatic carbocycles. The number of hydrogen-bond donors (Lipinski definition) is 0. The zero-order valence-electron chi connectivity index (χ0n) is 6.15. The van der Waals surface area contributed by atoms with Crippen LogP contribution in [0.5, 0.6) is 0 Å². The quantitative estimate of drug-likeness (QED) is 0.661. The lowest BCUT2D eigenvalue weighted by molar-refractivity contribution is 1.37. The molecule has 0 saturated heterocycles. The van der Waals surface area contributed by atoms with Crippen LogP contribution in [0.1, 0.15) is 1.43 Å². The lowest BCUT2D eigenvalue weighted by Crippen LogP contribution is -1.64. The molecule has 2 rings (SSSR count). The average Bonchev–Trinajstić information content (AvgIpc) is 2.33. The summed E-state index contributed by atoms with van der Waals surface area (Å²) >= 11 is 1.75. The monoisotopic (exact) mass is 216 g/mol. The number of thiophene rings is 1. The minimum absolute atomic E-state index is 0. The normalized spacial score (nSPS) is 9.20. The first kappa shape index (κ1) is 7.69. The van der Waals surface area contributed by atoms with Gasteiger partial charge in [-0.25, -0.2) is 0 Å². The summed E-state index contributed by atoms with van der Waals surface area (Å²) in [6.07, 6.45) is 3.70. The topological polar surface area (TPSA) is 12.9 Å². The highest BCUT2D eigenvalue weighted by Crippen LogP contribution is 2.17. The molecule has 0 unspecified atom stereocenters. The molecule has 52 valence electrons. The molecular formula is C7H7BrNS+. The van der Waals surface area contributed by atoms with Crippen LogP contribution in [-0.2, 0) is 0 Å². The van der Waals surface area contributed by atoms with E-state index in [0.717, 1.165) is 0 Å². The zero-order chi connectivity index (χ0) is 6.10. The third-order valence-corrected chi connectivity index (χ3v) is 2.15. The first-order valence-electron chi connectivity index (χ1n) is 2.74. The molecule has 10 heavy (non-hydrogen) atoms. The van der Waals surface area contributed by atoms with Crippen molar-refractivity contribution < 1.29 is 1.43 Å². The highest BCUT2D eigenvalue weighted by Gasteiger charge is 1.88. The highest BCUT2D eigenvalue weighted by molar-refractivity contribution is 8.93. The van der Waals surface area contributed by atoms with Crippen LogP contribution >= 0.6 is 28.3 Å². The molecule has 2 aromatic heterocycles. The summed E-state index contributed by atoms with van der Waals surface area (Å²) in [7, 11) is 0. The standard InChI is InChI=1S/C7H5NS.BrH/c1-3-8-5-6-2-4-9-7(1)6;/h1-5H;1H/p+1. The van der Waals surface area contributed by atoms with E-state index in [2.05, 4.69) is 16.4 Å². The second-order valence-corrected chi connectivity index (χ2v) is 2.78. The van der Waals surface area contributed by atoms with Crippen LogP contribution in [-0.4, -0.2) is 4.98 Å². The van der Waals surface area contributed by atoms with Crippen molar-refractivity contribution in [1.29, 1.82) is 0 Å². The number of hydrogen-bond acceptors (Lipinski definition) is 2. The molecule has 0 aliphatic rings. The number of nitrogens with zero attached hydrogens (tertiary/aromatic N) is 1. The Bertz CT molecular complexity index is 292. The lowest BCUT2D eigenvalue weighted by atomic mass is 10.4. The van der Waals surface area contributed by atoms with E-state index < -0.39 is 0 Å². The minimum atomic E-state index is 0. The lowest BCUT2D eigenvalue weighted by Gasteiger charge is -1.81. The third-order valence-electron chi connectivity index (χ3n) is 1.25. The fourth-order valence-electron chi connectivity index (χ4n) is 0.807. The Morgan fingerprint density at radius 1 is 1.40 bits per heavy atom. The average molecular weight is 217 g/mol. The van der Waals surface area contributed by atoms with Crippen molar-refractivity contribution in [2.75, 3.05) is 0 Å². The predicted molar refractivity (Wildman–Crippen MR) is 51.1 cm³/mol. The molecule has 0 aliphatic carbocycles. The van der Waals surface area contributed by atoms with Crippen LogP contribution in [0.25, 0.3) is 10.1 Å². The maximum atomic E-state index is 3.99. The van der Waals surface area contributed by atoms with E-state index in [1.807, 2.05) is 18.5 Å². The number of rotatable bonds is 0. The molecule has 2 aromatic rings. The van der Waals surface area contributed by atoms with E-state index in [0.29, 0.717) is 0 Å². The first-order chi connectivity index (χ1) is 4.47. The van der Waals surface area contributed by atoms with E-state index in [1.54, 1.807) is 11.3 Å². The van der Waals surface area contributed by atoms with Gasteiger partial charge in [-0.15, -0.1) is 28.3 Å². The van der Waals surface area contributed by atoms with E-state index >= 15 is 0 Å². The molecule has 0 bridgehead atoms. The van der Waals surface area contributed by atoms with Gasteiger partial charge in [-0.2, -0.15) is 0 Å². The number of aromatic nitrogens is 1. The molecule has 0 saturated carbocycles. The van der Waals surface area contributed by atoms with Crippen LogP contribution in [0.15, 0.2) is 29.9 Å². The van der Waals surface area contributed by atoms with E-state index in [-0.39, 0.29) is 18.4 Å². The van der Waals surface area contributed by atoms with Crippen molar-refractivity contribution in [1.82, 2.24) is 4.98 Å². The largest absolute Gasteiger partial charge is 1.00 e. The zero-order valence-corrected chi connectivity index (χ0v) is 7.68. The van der Waals surface area contributed by atoms with Crippen molar-refractivity contribution in [3.63, 3.8) is 0 Å². The fourth-order valence-corrected chi connectivity index (χ4v) is 1.56. The minimum Gasteiger partial charge on any atom is -0.264 e. The summed E-state index contributed by atoms with van der Waals surface area (Å²) in [5.41, 5.74) is 0. The molecule has 0 fully saturated rings. The Balaban J connectivity index is 0.000000500. The summed E-state index contributed by atoms with van der Waals surface area (Å²) in [5, 5.41) is 3.31. The molecule has 0 atom stereocenters. The highest BCUT2D eigenvalue weighted by atomic mass is 79.9. The third kappa shape index (κ3) is 1.20. The summed E-state index contributed by atoms with van der Waals surface area (Å²) in [5.74, 6) is 0. The van der Waals surface area contributed by atoms with Crippen LogP contribution in [0.4, 0.5) is 0 Å². The SMILES string of the molecule is Br.[H+].c1cc2sccc2cn1. The number of halogens is 1. The number of pyridine rings is 1. The van der Waals surface area contributed by atoms with Crippen LogP contribution in [0.3, 0.4) is 0 Å². The second kappa shape index (κ2) is 3.12. The van der Waals surface area contributed by atoms with E-state index in [4.69, 9.17) is 0 Å². The van der Waals surface area contributed by atoms with Gasteiger partial charge in [-0.05, 0) is 17.5 Å². The van der Waals surface area contributed by atoms with Crippen molar-refractivity contribution in [3.05, 3.63) is 29.9 Å². The summed E-state index contributed by atoms with van der Waals surface area (Å²) in [4.78, 5) is 3.99. The molecule has 0 N–H and O–H groups in total. The summed E-state index contributed by atoms with van der Waals surface area (Å²) in [6.45, 7) is 0. The van der Waals surface area contributed by atoms with Gasteiger partial charge in [0.05, 0.1) is 0 Å². The van der Waals surface area contributed by atoms with Gasteiger partial charge < -0.3 is 0 Å². The van der Waals surface area contributed by atoms with Crippen LogP contribution in [0.2, 0.25) is 0 Å².